The van der Waals surface area contributed by atoms with Gasteiger partial charge in [-0.3, -0.25) is 19.6 Å². The van der Waals surface area contributed by atoms with Crippen LogP contribution in [0.25, 0.3) is 0 Å². The Hall–Kier alpha value is -2.35. The molecule has 0 aliphatic rings. The van der Waals surface area contributed by atoms with Crippen LogP contribution < -0.4 is 5.32 Å². The zero-order chi connectivity index (χ0) is 14.7. The summed E-state index contributed by atoms with van der Waals surface area (Å²) in [5.41, 5.74) is -0.205. The molecule has 104 valence electrons. The first kappa shape index (κ1) is 14.1. The predicted octanol–water partition coefficient (Wildman–Crippen LogP) is 2.30. The van der Waals surface area contributed by atoms with Gasteiger partial charge in [-0.1, -0.05) is 0 Å². The number of nitrogens with one attached hydrogen (secondary N) is 1. The molecule has 7 nitrogen and oxygen atoms in total. The molecule has 2 rings (SSSR count). The van der Waals surface area contributed by atoms with Crippen LogP contribution in [0.5, 0.6) is 0 Å². The molecular formula is C12H12N4O3S. The topological polar surface area (TPSA) is 90.1 Å². The lowest BCUT2D eigenvalue weighted by molar-refractivity contribution is -0.385. The van der Waals surface area contributed by atoms with Crippen molar-refractivity contribution in [2.24, 2.45) is 7.05 Å². The van der Waals surface area contributed by atoms with Crippen molar-refractivity contribution in [1.29, 1.82) is 0 Å². The highest BCUT2D eigenvalue weighted by molar-refractivity contribution is 7.98. The number of amides is 1. The van der Waals surface area contributed by atoms with Crippen molar-refractivity contribution in [2.45, 2.75) is 4.90 Å². The molecular weight excluding hydrogens is 280 g/mol. The number of benzene rings is 1. The molecule has 1 amide bonds. The number of hydrogen-bond acceptors (Lipinski definition) is 5. The molecule has 1 N–H and O–H groups in total. The number of nitro benzene ring substituents is 1. The molecule has 0 radical (unpaired) electrons. The third-order valence-corrected chi connectivity index (χ3v) is 3.33. The summed E-state index contributed by atoms with van der Waals surface area (Å²) in [6.07, 6.45) is 3.50. The molecule has 1 heterocycles. The van der Waals surface area contributed by atoms with Crippen LogP contribution in [-0.2, 0) is 7.05 Å². The van der Waals surface area contributed by atoms with Gasteiger partial charge in [0, 0.05) is 30.3 Å². The van der Waals surface area contributed by atoms with Gasteiger partial charge in [-0.15, -0.1) is 11.8 Å². The number of aryl methyl sites for hydroxylation is 1. The molecule has 0 bridgehead atoms. The highest BCUT2D eigenvalue weighted by atomic mass is 32.2. The normalized spacial score (nSPS) is 10.3. The largest absolute Gasteiger partial charge is 0.305 e. The van der Waals surface area contributed by atoms with Crippen LogP contribution in [0.1, 0.15) is 10.4 Å². The minimum absolute atomic E-state index is 0.0208. The second-order valence-electron chi connectivity index (χ2n) is 3.97. The van der Waals surface area contributed by atoms with E-state index in [-0.39, 0.29) is 11.3 Å². The van der Waals surface area contributed by atoms with Crippen LogP contribution in [0, 0.1) is 10.1 Å². The molecule has 0 saturated heterocycles. The van der Waals surface area contributed by atoms with Gasteiger partial charge in [0.15, 0.2) is 5.82 Å². The number of carbonyl (C=O) groups excluding carboxylic acids is 1. The van der Waals surface area contributed by atoms with Gasteiger partial charge < -0.3 is 5.32 Å². The Labute approximate surface area is 119 Å². The summed E-state index contributed by atoms with van der Waals surface area (Å²) < 4.78 is 1.53. The zero-order valence-corrected chi connectivity index (χ0v) is 11.7. The van der Waals surface area contributed by atoms with Crippen molar-refractivity contribution < 1.29 is 9.72 Å². The molecule has 0 spiro atoms. The van der Waals surface area contributed by atoms with E-state index in [4.69, 9.17) is 0 Å². The van der Waals surface area contributed by atoms with Crippen LogP contribution >= 0.6 is 11.8 Å². The molecule has 1 aromatic heterocycles. The van der Waals surface area contributed by atoms with Crippen LogP contribution in [-0.4, -0.2) is 26.9 Å². The first-order chi connectivity index (χ1) is 9.51. The first-order valence-electron chi connectivity index (χ1n) is 5.64. The van der Waals surface area contributed by atoms with Gasteiger partial charge in [0.25, 0.3) is 11.6 Å². The SMILES string of the molecule is CSc1ccc([N+](=O)[O-])c(C(=O)Nc2ccn(C)n2)c1. The van der Waals surface area contributed by atoms with E-state index in [0.717, 1.165) is 4.90 Å². The number of nitro groups is 1. The van der Waals surface area contributed by atoms with Crippen molar-refractivity contribution >= 4 is 29.2 Å². The summed E-state index contributed by atoms with van der Waals surface area (Å²) in [5.74, 6) is -0.201. The van der Waals surface area contributed by atoms with E-state index < -0.39 is 10.8 Å². The van der Waals surface area contributed by atoms with E-state index in [2.05, 4.69) is 10.4 Å². The molecule has 20 heavy (non-hydrogen) atoms. The van der Waals surface area contributed by atoms with Gasteiger partial charge in [0.1, 0.15) is 5.56 Å². The minimum Gasteiger partial charge on any atom is -0.305 e. The number of nitrogens with zero attached hydrogens (tertiary/aromatic N) is 3. The van der Waals surface area contributed by atoms with Crippen LogP contribution in [0.2, 0.25) is 0 Å². The Morgan fingerprint density at radius 3 is 2.75 bits per heavy atom. The van der Waals surface area contributed by atoms with Crippen LogP contribution in [0.4, 0.5) is 11.5 Å². The Kier molecular flexibility index (Phi) is 4.04. The Morgan fingerprint density at radius 2 is 2.20 bits per heavy atom. The van der Waals surface area contributed by atoms with E-state index in [1.807, 2.05) is 6.26 Å². The maximum atomic E-state index is 12.1. The lowest BCUT2D eigenvalue weighted by Gasteiger charge is -2.05. The predicted molar refractivity (Wildman–Crippen MR) is 76.0 cm³/mol. The summed E-state index contributed by atoms with van der Waals surface area (Å²) in [4.78, 5) is 23.3. The number of hydrogen-bond donors (Lipinski definition) is 1. The van der Waals surface area contributed by atoms with Crippen molar-refractivity contribution in [3.63, 3.8) is 0 Å². The fraction of sp³-hybridized carbons (Fsp3) is 0.167. The molecule has 1 aromatic carbocycles. The second-order valence-corrected chi connectivity index (χ2v) is 4.85. The van der Waals surface area contributed by atoms with Crippen molar-refractivity contribution in [1.82, 2.24) is 9.78 Å². The highest BCUT2D eigenvalue weighted by Gasteiger charge is 2.21. The second kappa shape index (κ2) is 5.74. The van der Waals surface area contributed by atoms with Gasteiger partial charge in [-0.25, -0.2) is 0 Å². The summed E-state index contributed by atoms with van der Waals surface area (Å²) in [6.45, 7) is 0. The fourth-order valence-corrected chi connectivity index (χ4v) is 2.09. The fourth-order valence-electron chi connectivity index (χ4n) is 1.65. The average molecular weight is 292 g/mol. The summed E-state index contributed by atoms with van der Waals surface area (Å²) in [5, 5.41) is 17.5. The smallest absolute Gasteiger partial charge is 0.282 e. The quantitative estimate of drug-likeness (QED) is 0.530. The molecule has 0 atom stereocenters. The van der Waals surface area contributed by atoms with Gasteiger partial charge in [0.2, 0.25) is 0 Å². The molecule has 0 saturated carbocycles. The summed E-state index contributed by atoms with van der Waals surface area (Å²) in [6, 6.07) is 6.06. The van der Waals surface area contributed by atoms with E-state index in [1.54, 1.807) is 25.4 Å². The Bertz CT molecular complexity index is 668. The molecule has 8 heteroatoms. The Morgan fingerprint density at radius 1 is 1.45 bits per heavy atom. The third-order valence-electron chi connectivity index (χ3n) is 2.60. The summed E-state index contributed by atoms with van der Waals surface area (Å²) >= 11 is 1.41. The van der Waals surface area contributed by atoms with Crippen molar-refractivity contribution in [2.75, 3.05) is 11.6 Å². The van der Waals surface area contributed by atoms with E-state index in [1.165, 1.54) is 28.6 Å². The number of carbonyl (C=O) groups is 1. The van der Waals surface area contributed by atoms with Crippen LogP contribution in [0.15, 0.2) is 35.4 Å². The number of rotatable bonds is 4. The Balaban J connectivity index is 2.34. The lowest BCUT2D eigenvalue weighted by atomic mass is 10.1. The number of anilines is 1. The monoisotopic (exact) mass is 292 g/mol. The number of thioether (sulfide) groups is 1. The van der Waals surface area contributed by atoms with Gasteiger partial charge >= 0.3 is 0 Å². The van der Waals surface area contributed by atoms with Gasteiger partial charge in [0.05, 0.1) is 4.92 Å². The van der Waals surface area contributed by atoms with Gasteiger partial charge in [-0.05, 0) is 18.4 Å². The maximum Gasteiger partial charge on any atom is 0.282 e. The molecule has 2 aromatic rings. The minimum atomic E-state index is -0.572. The van der Waals surface area contributed by atoms with Crippen LogP contribution in [0.3, 0.4) is 0 Å². The number of aromatic nitrogens is 2. The first-order valence-corrected chi connectivity index (χ1v) is 6.87. The summed E-state index contributed by atoms with van der Waals surface area (Å²) in [7, 11) is 1.71. The highest BCUT2D eigenvalue weighted by Crippen LogP contribution is 2.25. The average Bonchev–Trinajstić information content (AvgIpc) is 2.83. The molecule has 0 aliphatic carbocycles. The van der Waals surface area contributed by atoms with E-state index in [0.29, 0.717) is 5.82 Å². The molecule has 0 fully saturated rings. The van der Waals surface area contributed by atoms with Crippen molar-refractivity contribution in [3.05, 3.63) is 46.1 Å². The zero-order valence-electron chi connectivity index (χ0n) is 10.9. The molecule has 0 aliphatic heterocycles. The maximum absolute atomic E-state index is 12.1. The van der Waals surface area contributed by atoms with E-state index >= 15 is 0 Å². The standard InChI is InChI=1S/C12H12N4O3S/c1-15-6-5-11(14-15)13-12(17)9-7-8(20-2)3-4-10(9)16(18)19/h3-7H,1-2H3,(H,13,14,17). The van der Waals surface area contributed by atoms with E-state index in [9.17, 15) is 14.9 Å². The lowest BCUT2D eigenvalue weighted by Crippen LogP contribution is -2.14. The molecule has 0 unspecified atom stereocenters. The third kappa shape index (κ3) is 2.97. The van der Waals surface area contributed by atoms with Gasteiger partial charge in [-0.2, -0.15) is 5.10 Å². The van der Waals surface area contributed by atoms with Crippen molar-refractivity contribution in [3.8, 4) is 0 Å².